The fraction of sp³-hybridized carbons (Fsp3) is 0.467. The molecular weight excluding hydrogens is 272 g/mol. The molecule has 0 spiro atoms. The van der Waals surface area contributed by atoms with Gasteiger partial charge in [-0.05, 0) is 24.3 Å². The van der Waals surface area contributed by atoms with E-state index >= 15 is 0 Å². The molecule has 1 fully saturated rings. The molecule has 2 rings (SSSR count). The highest BCUT2D eigenvalue weighted by Gasteiger charge is 2.23. The molecule has 3 N–H and O–H groups in total. The normalized spacial score (nSPS) is 15.6. The maximum Gasteiger partial charge on any atom is 0.234 e. The lowest BCUT2D eigenvalue weighted by Crippen LogP contribution is -2.37. The Bertz CT molecular complexity index is 460. The Morgan fingerprint density at radius 1 is 1.40 bits per heavy atom. The van der Waals surface area contributed by atoms with Crippen LogP contribution in [0.5, 0.6) is 0 Å². The van der Waals surface area contributed by atoms with E-state index in [4.69, 9.17) is 22.7 Å². The number of thiocarbonyl (C=S) groups is 1. The molecule has 1 saturated carbocycles. The molecule has 0 bridgehead atoms. The van der Waals surface area contributed by atoms with E-state index in [0.717, 1.165) is 18.1 Å². The minimum atomic E-state index is -0.574. The lowest BCUT2D eigenvalue weighted by atomic mass is 9.98. The van der Waals surface area contributed by atoms with Crippen LogP contribution in [0.3, 0.4) is 0 Å². The molecule has 0 aromatic heterocycles. The van der Waals surface area contributed by atoms with E-state index in [0.29, 0.717) is 13.2 Å². The average molecular weight is 292 g/mol. The van der Waals surface area contributed by atoms with Gasteiger partial charge in [0.05, 0.1) is 11.6 Å². The molecule has 0 heterocycles. The van der Waals surface area contributed by atoms with Crippen LogP contribution < -0.4 is 11.1 Å². The van der Waals surface area contributed by atoms with E-state index in [-0.39, 0.29) is 10.9 Å². The molecule has 20 heavy (non-hydrogen) atoms. The lowest BCUT2D eigenvalue weighted by Gasteiger charge is -2.16. The first kappa shape index (κ1) is 14.9. The summed E-state index contributed by atoms with van der Waals surface area (Å²) in [5.74, 6) is -0.00672. The van der Waals surface area contributed by atoms with Gasteiger partial charge < -0.3 is 15.8 Å². The molecule has 0 radical (unpaired) electrons. The van der Waals surface area contributed by atoms with E-state index < -0.39 is 5.92 Å². The molecule has 0 saturated heterocycles. The Kier molecular flexibility index (Phi) is 5.49. The molecule has 1 aliphatic carbocycles. The molecule has 4 nitrogen and oxygen atoms in total. The number of ether oxygens (including phenoxy) is 1. The van der Waals surface area contributed by atoms with Gasteiger partial charge in [0.2, 0.25) is 5.91 Å². The molecule has 1 aromatic rings. The SMILES string of the molecule is NC(=S)C(C(=O)NCCOCC1CC1)c1ccccc1. The van der Waals surface area contributed by atoms with Crippen LogP contribution >= 0.6 is 12.2 Å². The van der Waals surface area contributed by atoms with Gasteiger partial charge in [-0.1, -0.05) is 42.5 Å². The van der Waals surface area contributed by atoms with Crippen molar-refractivity contribution in [2.75, 3.05) is 19.8 Å². The van der Waals surface area contributed by atoms with Gasteiger partial charge in [0.15, 0.2) is 0 Å². The van der Waals surface area contributed by atoms with Crippen molar-refractivity contribution < 1.29 is 9.53 Å². The van der Waals surface area contributed by atoms with E-state index in [1.54, 1.807) is 0 Å². The quantitative estimate of drug-likeness (QED) is 0.564. The number of carbonyl (C=O) groups is 1. The Labute approximate surface area is 124 Å². The molecule has 108 valence electrons. The summed E-state index contributed by atoms with van der Waals surface area (Å²) < 4.78 is 5.48. The Morgan fingerprint density at radius 3 is 2.70 bits per heavy atom. The fourth-order valence-corrected chi connectivity index (χ4v) is 2.22. The monoisotopic (exact) mass is 292 g/mol. The number of amides is 1. The van der Waals surface area contributed by atoms with Crippen molar-refractivity contribution in [2.24, 2.45) is 11.7 Å². The van der Waals surface area contributed by atoms with Crippen LogP contribution in [0.1, 0.15) is 24.3 Å². The van der Waals surface area contributed by atoms with Gasteiger partial charge in [-0.25, -0.2) is 0 Å². The molecule has 5 heteroatoms. The van der Waals surface area contributed by atoms with Gasteiger partial charge >= 0.3 is 0 Å². The molecular formula is C15H20N2O2S. The summed E-state index contributed by atoms with van der Waals surface area (Å²) in [6.07, 6.45) is 2.54. The molecule has 1 amide bonds. The molecule has 1 aromatic carbocycles. The zero-order chi connectivity index (χ0) is 14.4. The highest BCUT2D eigenvalue weighted by Crippen LogP contribution is 2.28. The van der Waals surface area contributed by atoms with Gasteiger partial charge in [-0.15, -0.1) is 0 Å². The van der Waals surface area contributed by atoms with Crippen molar-refractivity contribution in [3.63, 3.8) is 0 Å². The predicted octanol–water partition coefficient (Wildman–Crippen LogP) is 1.60. The van der Waals surface area contributed by atoms with Gasteiger partial charge in [-0.2, -0.15) is 0 Å². The first-order chi connectivity index (χ1) is 9.68. The number of nitrogens with two attached hydrogens (primary N) is 1. The zero-order valence-corrected chi connectivity index (χ0v) is 12.2. The summed E-state index contributed by atoms with van der Waals surface area (Å²) in [5.41, 5.74) is 6.50. The van der Waals surface area contributed by atoms with Crippen LogP contribution in [0.2, 0.25) is 0 Å². The summed E-state index contributed by atoms with van der Waals surface area (Å²) in [7, 11) is 0. The second kappa shape index (κ2) is 7.36. The van der Waals surface area contributed by atoms with Crippen LogP contribution in [0, 0.1) is 5.92 Å². The fourth-order valence-electron chi connectivity index (χ4n) is 1.97. The van der Waals surface area contributed by atoms with Crippen LogP contribution in [0.4, 0.5) is 0 Å². The van der Waals surface area contributed by atoms with Gasteiger partial charge in [0.25, 0.3) is 0 Å². The maximum absolute atomic E-state index is 12.2. The van der Waals surface area contributed by atoms with Crippen LogP contribution in [0.25, 0.3) is 0 Å². The van der Waals surface area contributed by atoms with Crippen molar-refractivity contribution in [3.05, 3.63) is 35.9 Å². The minimum absolute atomic E-state index is 0.168. The van der Waals surface area contributed by atoms with Crippen molar-refractivity contribution >= 4 is 23.1 Å². The Balaban J connectivity index is 1.79. The summed E-state index contributed by atoms with van der Waals surface area (Å²) in [6.45, 7) is 1.81. The number of benzene rings is 1. The standard InChI is InChI=1S/C15H20N2O2S/c16-14(20)13(12-4-2-1-3-5-12)15(18)17-8-9-19-10-11-6-7-11/h1-5,11,13H,6-10H2,(H2,16,20)(H,17,18). The smallest absolute Gasteiger partial charge is 0.234 e. The van der Waals surface area contributed by atoms with Crippen LogP contribution in [0.15, 0.2) is 30.3 Å². The van der Waals surface area contributed by atoms with E-state index in [2.05, 4.69) is 5.32 Å². The summed E-state index contributed by atoms with van der Waals surface area (Å²) >= 11 is 5.01. The van der Waals surface area contributed by atoms with E-state index in [9.17, 15) is 4.79 Å². The summed E-state index contributed by atoms with van der Waals surface area (Å²) in [5, 5.41) is 2.83. The first-order valence-corrected chi connectivity index (χ1v) is 7.29. The van der Waals surface area contributed by atoms with Crippen molar-refractivity contribution in [3.8, 4) is 0 Å². The molecule has 1 atom stereocenters. The zero-order valence-electron chi connectivity index (χ0n) is 11.4. The van der Waals surface area contributed by atoms with E-state index in [1.807, 2.05) is 30.3 Å². The molecule has 1 unspecified atom stereocenters. The highest BCUT2D eigenvalue weighted by molar-refractivity contribution is 7.80. The third-order valence-electron chi connectivity index (χ3n) is 3.28. The highest BCUT2D eigenvalue weighted by atomic mass is 32.1. The Morgan fingerprint density at radius 2 is 2.10 bits per heavy atom. The van der Waals surface area contributed by atoms with Gasteiger partial charge in [0.1, 0.15) is 5.92 Å². The van der Waals surface area contributed by atoms with Crippen LogP contribution in [-0.2, 0) is 9.53 Å². The number of rotatable bonds is 8. The minimum Gasteiger partial charge on any atom is -0.392 e. The van der Waals surface area contributed by atoms with Crippen molar-refractivity contribution in [1.29, 1.82) is 0 Å². The van der Waals surface area contributed by atoms with Crippen molar-refractivity contribution in [1.82, 2.24) is 5.32 Å². The second-order valence-corrected chi connectivity index (χ2v) is 5.53. The van der Waals surface area contributed by atoms with Gasteiger partial charge in [0, 0.05) is 13.2 Å². The average Bonchev–Trinajstić information content (AvgIpc) is 3.23. The third-order valence-corrected chi connectivity index (χ3v) is 3.51. The number of nitrogens with one attached hydrogen (secondary N) is 1. The lowest BCUT2D eigenvalue weighted by molar-refractivity contribution is -0.121. The second-order valence-electron chi connectivity index (χ2n) is 5.06. The number of carbonyl (C=O) groups excluding carboxylic acids is 1. The number of hydrogen-bond donors (Lipinski definition) is 2. The maximum atomic E-state index is 12.2. The first-order valence-electron chi connectivity index (χ1n) is 6.88. The summed E-state index contributed by atoms with van der Waals surface area (Å²) in [4.78, 5) is 12.3. The van der Waals surface area contributed by atoms with Crippen LogP contribution in [-0.4, -0.2) is 30.7 Å². The number of hydrogen-bond acceptors (Lipinski definition) is 3. The van der Waals surface area contributed by atoms with Crippen molar-refractivity contribution in [2.45, 2.75) is 18.8 Å². The molecule has 0 aliphatic heterocycles. The Hall–Kier alpha value is -1.46. The van der Waals surface area contributed by atoms with Gasteiger partial charge in [-0.3, -0.25) is 4.79 Å². The predicted molar refractivity (Wildman–Crippen MR) is 82.5 cm³/mol. The van der Waals surface area contributed by atoms with E-state index in [1.165, 1.54) is 12.8 Å². The topological polar surface area (TPSA) is 64.4 Å². The third kappa shape index (κ3) is 4.58. The summed E-state index contributed by atoms with van der Waals surface area (Å²) in [6, 6.07) is 9.34. The molecule has 1 aliphatic rings. The largest absolute Gasteiger partial charge is 0.392 e.